The third-order valence-electron chi connectivity index (χ3n) is 1.64. The van der Waals surface area contributed by atoms with Crippen molar-refractivity contribution < 1.29 is 63.4 Å². The molecule has 0 fully saturated rings. The monoisotopic (exact) mass is 271 g/mol. The van der Waals surface area contributed by atoms with E-state index in [2.05, 4.69) is 0 Å². The van der Waals surface area contributed by atoms with Crippen LogP contribution in [0.2, 0.25) is 0 Å². The Kier molecular flexibility index (Phi) is 7.72. The van der Waals surface area contributed by atoms with Crippen molar-refractivity contribution >= 4 is 15.2 Å². The van der Waals surface area contributed by atoms with E-state index in [0.717, 1.165) is 0 Å². The molecular formula is C4H12NNaO7P2. The van der Waals surface area contributed by atoms with Crippen molar-refractivity contribution in [3.63, 3.8) is 0 Å². The van der Waals surface area contributed by atoms with Crippen molar-refractivity contribution in [2.24, 2.45) is 5.73 Å². The van der Waals surface area contributed by atoms with Crippen LogP contribution in [0.1, 0.15) is 12.8 Å². The zero-order valence-corrected chi connectivity index (χ0v) is 11.9. The van der Waals surface area contributed by atoms with Gasteiger partial charge in [0.05, 0.1) is 0 Å². The number of nitrogens with two attached hydrogens (primary N) is 1. The third-order valence-corrected chi connectivity index (χ3v) is 5.46. The van der Waals surface area contributed by atoms with Crippen molar-refractivity contribution in [2.75, 3.05) is 6.54 Å². The Hall–Kier alpha value is 1.22. The number of rotatable bonds is 5. The van der Waals surface area contributed by atoms with Gasteiger partial charge in [-0.25, -0.2) is 0 Å². The van der Waals surface area contributed by atoms with Gasteiger partial charge in [0.2, 0.25) is 5.08 Å². The zero-order valence-electron chi connectivity index (χ0n) is 8.11. The fraction of sp³-hybridized carbons (Fsp3) is 1.00. The average molecular weight is 271 g/mol. The Morgan fingerprint density at radius 3 is 1.87 bits per heavy atom. The molecule has 0 bridgehead atoms. The molecule has 0 rings (SSSR count). The molecule has 2 atom stereocenters. The van der Waals surface area contributed by atoms with Crippen molar-refractivity contribution in [1.82, 2.24) is 0 Å². The Morgan fingerprint density at radius 1 is 1.27 bits per heavy atom. The third kappa shape index (κ3) is 4.53. The van der Waals surface area contributed by atoms with E-state index in [1.165, 1.54) is 0 Å². The van der Waals surface area contributed by atoms with Crippen LogP contribution in [0, 0.1) is 0 Å². The first-order chi connectivity index (χ1) is 6.06. The molecule has 0 aliphatic carbocycles. The summed E-state index contributed by atoms with van der Waals surface area (Å²) < 4.78 is 21.3. The molecule has 0 aromatic rings. The van der Waals surface area contributed by atoms with Crippen LogP contribution in [0.15, 0.2) is 0 Å². The van der Waals surface area contributed by atoms with Crippen LogP contribution in [0.5, 0.6) is 0 Å². The summed E-state index contributed by atoms with van der Waals surface area (Å²) in [4.78, 5) is 36.3. The van der Waals surface area contributed by atoms with Crippen molar-refractivity contribution in [3.8, 4) is 0 Å². The van der Waals surface area contributed by atoms with E-state index in [1.54, 1.807) is 0 Å². The molecule has 0 aliphatic heterocycles. The maximum atomic E-state index is 10.7. The Bertz CT molecular complexity index is 263. The van der Waals surface area contributed by atoms with Crippen molar-refractivity contribution in [2.45, 2.75) is 17.9 Å². The smallest absolute Gasteiger partial charge is 0.776 e. The second-order valence-electron chi connectivity index (χ2n) is 2.73. The summed E-state index contributed by atoms with van der Waals surface area (Å²) in [5, 5.41) is 5.74. The molecule has 0 aromatic heterocycles. The Balaban J connectivity index is 0. The first-order valence-corrected chi connectivity index (χ1v) is 6.77. The SMILES string of the molecule is NCCCC(O)(P(=O)([O-])O)P(=O)(O)O.[Na+]. The zero-order chi connectivity index (χ0) is 11.6. The van der Waals surface area contributed by atoms with Gasteiger partial charge in [0.1, 0.15) is 0 Å². The van der Waals surface area contributed by atoms with Gasteiger partial charge in [0, 0.05) is 0 Å². The minimum Gasteiger partial charge on any atom is -0.776 e. The predicted molar refractivity (Wildman–Crippen MR) is 45.1 cm³/mol. The molecule has 0 amide bonds. The summed E-state index contributed by atoms with van der Waals surface area (Å²) in [6.07, 6.45) is -0.959. The number of hydrogen-bond acceptors (Lipinski definition) is 5. The standard InChI is InChI=1S/C4H13NO7P2.Na/c5-3-1-2-4(6,13(7,8)9)14(10,11)12;/h6H,1-3,5H2,(H2,7,8,9)(H2,10,11,12);/q;+1/p-1. The normalized spacial score (nSPS) is 19.9. The molecule has 0 heterocycles. The van der Waals surface area contributed by atoms with E-state index in [9.17, 15) is 19.1 Å². The Labute approximate surface area is 108 Å². The Morgan fingerprint density at radius 2 is 1.67 bits per heavy atom. The van der Waals surface area contributed by atoms with Crippen LogP contribution < -0.4 is 40.2 Å². The quantitative estimate of drug-likeness (QED) is 0.245. The van der Waals surface area contributed by atoms with Crippen LogP contribution in [-0.4, -0.2) is 31.4 Å². The predicted octanol–water partition coefficient (Wildman–Crippen LogP) is -4.90. The molecule has 6 N–H and O–H groups in total. The molecule has 2 unspecified atom stereocenters. The van der Waals surface area contributed by atoms with Gasteiger partial charge in [-0.05, 0) is 19.4 Å². The molecule has 11 heteroatoms. The number of hydrogen-bond donors (Lipinski definition) is 5. The van der Waals surface area contributed by atoms with Crippen molar-refractivity contribution in [1.29, 1.82) is 0 Å². The summed E-state index contributed by atoms with van der Waals surface area (Å²) in [6.45, 7) is -0.0672. The van der Waals surface area contributed by atoms with Crippen LogP contribution in [0.4, 0.5) is 0 Å². The van der Waals surface area contributed by atoms with Crippen molar-refractivity contribution in [3.05, 3.63) is 0 Å². The molecule has 0 aliphatic rings. The van der Waals surface area contributed by atoms with Gasteiger partial charge in [-0.1, -0.05) is 0 Å². The van der Waals surface area contributed by atoms with Gasteiger partial charge in [-0.3, -0.25) is 4.57 Å². The molecule has 8 nitrogen and oxygen atoms in total. The summed E-state index contributed by atoms with van der Waals surface area (Å²) in [7, 11) is -10.9. The van der Waals surface area contributed by atoms with E-state index in [-0.39, 0.29) is 42.5 Å². The van der Waals surface area contributed by atoms with Gasteiger partial charge in [0.25, 0.3) is 0 Å². The summed E-state index contributed by atoms with van der Waals surface area (Å²) in [6, 6.07) is 0. The first kappa shape index (κ1) is 18.6. The van der Waals surface area contributed by atoms with Gasteiger partial charge in [-0.2, -0.15) is 0 Å². The van der Waals surface area contributed by atoms with E-state index < -0.39 is 26.7 Å². The molecule has 0 saturated heterocycles. The van der Waals surface area contributed by atoms with Gasteiger partial charge < -0.3 is 35.0 Å². The average Bonchev–Trinajstić information content (AvgIpc) is 1.95. The molecule has 86 valence electrons. The van der Waals surface area contributed by atoms with E-state index in [1.807, 2.05) is 0 Å². The summed E-state index contributed by atoms with van der Waals surface area (Å²) in [5.74, 6) is 0. The van der Waals surface area contributed by atoms with E-state index in [0.29, 0.717) is 0 Å². The van der Waals surface area contributed by atoms with E-state index >= 15 is 0 Å². The number of aliphatic hydroxyl groups is 1. The van der Waals surface area contributed by atoms with Crippen LogP contribution in [0.3, 0.4) is 0 Å². The van der Waals surface area contributed by atoms with Gasteiger partial charge in [-0.15, -0.1) is 0 Å². The molecular weight excluding hydrogens is 259 g/mol. The maximum absolute atomic E-state index is 10.7. The summed E-state index contributed by atoms with van der Waals surface area (Å²) >= 11 is 0. The minimum atomic E-state index is -5.55. The van der Waals surface area contributed by atoms with Crippen LogP contribution >= 0.6 is 15.2 Å². The summed E-state index contributed by atoms with van der Waals surface area (Å²) in [5.41, 5.74) is 4.98. The molecule has 0 radical (unpaired) electrons. The van der Waals surface area contributed by atoms with E-state index in [4.69, 9.17) is 20.4 Å². The molecule has 15 heavy (non-hydrogen) atoms. The fourth-order valence-corrected chi connectivity index (χ4v) is 3.00. The van der Waals surface area contributed by atoms with Crippen LogP contribution in [0.25, 0.3) is 0 Å². The van der Waals surface area contributed by atoms with Crippen LogP contribution in [-0.2, 0) is 9.13 Å². The second kappa shape index (κ2) is 6.23. The van der Waals surface area contributed by atoms with Gasteiger partial charge >= 0.3 is 37.2 Å². The molecule has 0 spiro atoms. The topological polar surface area (TPSA) is 164 Å². The minimum absolute atomic E-state index is 0. The van der Waals surface area contributed by atoms with Gasteiger partial charge in [0.15, 0.2) is 7.60 Å². The largest absolute Gasteiger partial charge is 1.00 e. The molecule has 0 aromatic carbocycles. The maximum Gasteiger partial charge on any atom is 1.00 e. The first-order valence-electron chi connectivity index (χ1n) is 3.58. The second-order valence-corrected chi connectivity index (χ2v) is 6.69. The molecule has 0 saturated carbocycles. The fourth-order valence-electron chi connectivity index (χ4n) is 0.791.